The topological polar surface area (TPSA) is 59.2 Å². The lowest BCUT2D eigenvalue weighted by Crippen LogP contribution is -2.48. The Balaban J connectivity index is 2.30. The van der Waals surface area contributed by atoms with E-state index < -0.39 is 0 Å². The van der Waals surface area contributed by atoms with Crippen molar-refractivity contribution < 1.29 is 4.79 Å². The Morgan fingerprint density at radius 1 is 1.33 bits per heavy atom. The van der Waals surface area contributed by atoms with Gasteiger partial charge in [-0.05, 0) is 43.2 Å². The largest absolute Gasteiger partial charge is 0.384 e. The molecule has 116 valence electrons. The highest BCUT2D eigenvalue weighted by Gasteiger charge is 2.32. The predicted octanol–water partition coefficient (Wildman–Crippen LogP) is 3.29. The van der Waals surface area contributed by atoms with E-state index in [1.807, 2.05) is 11.0 Å². The van der Waals surface area contributed by atoms with Gasteiger partial charge in [0.05, 0.1) is 0 Å². The van der Waals surface area contributed by atoms with Crippen molar-refractivity contribution in [3.05, 3.63) is 23.4 Å². The Morgan fingerprint density at radius 3 is 2.62 bits per heavy atom. The first-order valence-electron chi connectivity index (χ1n) is 7.88. The van der Waals surface area contributed by atoms with Gasteiger partial charge in [-0.1, -0.05) is 27.7 Å². The van der Waals surface area contributed by atoms with Crippen LogP contribution in [0.2, 0.25) is 0 Å². The smallest absolute Gasteiger partial charge is 0.254 e. The number of nitrogens with zero attached hydrogens (tertiary/aromatic N) is 2. The number of anilines is 1. The number of nitrogens with two attached hydrogens (primary N) is 1. The molecule has 0 radical (unpaired) electrons. The zero-order valence-corrected chi connectivity index (χ0v) is 13.8. The number of carbonyl (C=O) groups excluding carboxylic acids is 1. The monoisotopic (exact) mass is 289 g/mol. The van der Waals surface area contributed by atoms with E-state index in [1.54, 1.807) is 6.07 Å². The van der Waals surface area contributed by atoms with Gasteiger partial charge in [-0.3, -0.25) is 4.79 Å². The van der Waals surface area contributed by atoms with Crippen LogP contribution in [0.25, 0.3) is 0 Å². The van der Waals surface area contributed by atoms with E-state index in [0.29, 0.717) is 23.2 Å². The maximum atomic E-state index is 12.9. The first kappa shape index (κ1) is 15.8. The highest BCUT2D eigenvalue weighted by atomic mass is 16.2. The lowest BCUT2D eigenvalue weighted by Gasteiger charge is -2.41. The molecule has 1 amide bonds. The minimum absolute atomic E-state index is 0.0805. The Kier molecular flexibility index (Phi) is 4.55. The summed E-state index contributed by atoms with van der Waals surface area (Å²) >= 11 is 0. The Morgan fingerprint density at radius 2 is 2.00 bits per heavy atom. The third kappa shape index (κ3) is 3.36. The number of hydrogen-bond donors (Lipinski definition) is 1. The molecule has 0 aliphatic carbocycles. The van der Waals surface area contributed by atoms with Gasteiger partial charge in [-0.2, -0.15) is 0 Å². The van der Waals surface area contributed by atoms with E-state index in [0.717, 1.165) is 12.2 Å². The Hall–Kier alpha value is -1.58. The van der Waals surface area contributed by atoms with E-state index in [-0.39, 0.29) is 17.9 Å². The van der Waals surface area contributed by atoms with Crippen LogP contribution in [-0.2, 0) is 0 Å². The minimum atomic E-state index is 0.0805. The van der Waals surface area contributed by atoms with E-state index >= 15 is 0 Å². The van der Waals surface area contributed by atoms with Gasteiger partial charge in [0.2, 0.25) is 0 Å². The van der Waals surface area contributed by atoms with Gasteiger partial charge in [0.1, 0.15) is 5.82 Å². The summed E-state index contributed by atoms with van der Waals surface area (Å²) in [5.74, 6) is 1.84. The average Bonchev–Trinajstić information content (AvgIpc) is 2.41. The molecule has 0 saturated carbocycles. The standard InChI is InChI=1S/C17H27N3O/c1-10(2)15-7-14(8-16(18)19-15)17(21)20-9-11(3)6-12(4)13(20)5/h7-8,10-13H,6,9H2,1-5H3,(H2,18,19). The first-order valence-corrected chi connectivity index (χ1v) is 7.88. The third-order valence-corrected chi connectivity index (χ3v) is 4.56. The minimum Gasteiger partial charge on any atom is -0.384 e. The van der Waals surface area contributed by atoms with Crippen LogP contribution in [0.3, 0.4) is 0 Å². The van der Waals surface area contributed by atoms with Crippen LogP contribution in [0.15, 0.2) is 12.1 Å². The predicted molar refractivity (Wildman–Crippen MR) is 86.2 cm³/mol. The average molecular weight is 289 g/mol. The molecule has 0 spiro atoms. The lowest BCUT2D eigenvalue weighted by molar-refractivity contribution is 0.0455. The van der Waals surface area contributed by atoms with Gasteiger partial charge in [0.25, 0.3) is 5.91 Å². The molecular formula is C17H27N3O. The fourth-order valence-corrected chi connectivity index (χ4v) is 3.14. The number of aromatic nitrogens is 1. The maximum absolute atomic E-state index is 12.9. The number of pyridine rings is 1. The van der Waals surface area contributed by atoms with Gasteiger partial charge in [0.15, 0.2) is 0 Å². The molecular weight excluding hydrogens is 262 g/mol. The summed E-state index contributed by atoms with van der Waals surface area (Å²) in [6.45, 7) is 11.5. The maximum Gasteiger partial charge on any atom is 0.254 e. The molecule has 2 N–H and O–H groups in total. The van der Waals surface area contributed by atoms with Gasteiger partial charge in [-0.15, -0.1) is 0 Å². The molecule has 0 aromatic carbocycles. The van der Waals surface area contributed by atoms with Crippen molar-refractivity contribution in [2.24, 2.45) is 11.8 Å². The molecule has 21 heavy (non-hydrogen) atoms. The van der Waals surface area contributed by atoms with Gasteiger partial charge in [-0.25, -0.2) is 4.98 Å². The van der Waals surface area contributed by atoms with Crippen molar-refractivity contribution in [2.45, 2.75) is 53.0 Å². The van der Waals surface area contributed by atoms with Crippen LogP contribution in [0.4, 0.5) is 5.82 Å². The number of nitrogen functional groups attached to an aromatic ring is 1. The third-order valence-electron chi connectivity index (χ3n) is 4.56. The zero-order chi connectivity index (χ0) is 15.7. The van der Waals surface area contributed by atoms with Gasteiger partial charge >= 0.3 is 0 Å². The van der Waals surface area contributed by atoms with E-state index in [4.69, 9.17) is 5.73 Å². The summed E-state index contributed by atoms with van der Waals surface area (Å²) in [5, 5.41) is 0. The molecule has 1 saturated heterocycles. The fraction of sp³-hybridized carbons (Fsp3) is 0.647. The Labute approximate surface area is 127 Å². The molecule has 4 heteroatoms. The number of hydrogen-bond acceptors (Lipinski definition) is 3. The molecule has 4 nitrogen and oxygen atoms in total. The summed E-state index contributed by atoms with van der Waals surface area (Å²) in [6.07, 6.45) is 1.18. The molecule has 1 aliphatic heterocycles. The van der Waals surface area contributed by atoms with Crippen LogP contribution < -0.4 is 5.73 Å². The molecule has 2 rings (SSSR count). The van der Waals surface area contributed by atoms with Crippen LogP contribution >= 0.6 is 0 Å². The molecule has 3 atom stereocenters. The normalized spacial score (nSPS) is 26.2. The molecule has 1 aliphatic rings. The van der Waals surface area contributed by atoms with Crippen LogP contribution in [0.5, 0.6) is 0 Å². The molecule has 1 fully saturated rings. The highest BCUT2D eigenvalue weighted by Crippen LogP contribution is 2.28. The summed E-state index contributed by atoms with van der Waals surface area (Å²) < 4.78 is 0. The van der Waals surface area contributed by atoms with Gasteiger partial charge < -0.3 is 10.6 Å². The SMILES string of the molecule is CC1CC(C)C(C)N(C(=O)c2cc(N)nc(C(C)C)c2)C1. The molecule has 3 unspecified atom stereocenters. The fourth-order valence-electron chi connectivity index (χ4n) is 3.14. The lowest BCUT2D eigenvalue weighted by atomic mass is 9.85. The summed E-state index contributed by atoms with van der Waals surface area (Å²) in [6, 6.07) is 3.86. The number of rotatable bonds is 2. The van der Waals surface area contributed by atoms with Crippen molar-refractivity contribution >= 4 is 11.7 Å². The second kappa shape index (κ2) is 6.04. The Bertz CT molecular complexity index is 527. The van der Waals surface area contributed by atoms with Crippen molar-refractivity contribution in [3.8, 4) is 0 Å². The number of likely N-dealkylation sites (tertiary alicyclic amines) is 1. The first-order chi connectivity index (χ1) is 9.79. The van der Waals surface area contributed by atoms with Crippen molar-refractivity contribution in [1.29, 1.82) is 0 Å². The number of amides is 1. The highest BCUT2D eigenvalue weighted by molar-refractivity contribution is 5.95. The molecule has 2 heterocycles. The van der Waals surface area contributed by atoms with Crippen molar-refractivity contribution in [2.75, 3.05) is 12.3 Å². The second-order valence-electron chi connectivity index (χ2n) is 6.88. The molecule has 1 aromatic heterocycles. The summed E-state index contributed by atoms with van der Waals surface area (Å²) in [4.78, 5) is 19.2. The van der Waals surface area contributed by atoms with E-state index in [1.165, 1.54) is 6.42 Å². The zero-order valence-electron chi connectivity index (χ0n) is 13.8. The molecule has 1 aromatic rings. The number of piperidine rings is 1. The summed E-state index contributed by atoms with van der Waals surface area (Å²) in [7, 11) is 0. The van der Waals surface area contributed by atoms with Crippen molar-refractivity contribution in [1.82, 2.24) is 9.88 Å². The molecule has 0 bridgehead atoms. The van der Waals surface area contributed by atoms with E-state index in [2.05, 4.69) is 39.6 Å². The van der Waals surface area contributed by atoms with Crippen molar-refractivity contribution in [3.63, 3.8) is 0 Å². The number of carbonyl (C=O) groups is 1. The van der Waals surface area contributed by atoms with Gasteiger partial charge in [0, 0.05) is 23.8 Å². The second-order valence-corrected chi connectivity index (χ2v) is 6.88. The summed E-state index contributed by atoms with van der Waals surface area (Å²) in [5.41, 5.74) is 7.42. The van der Waals surface area contributed by atoms with Crippen LogP contribution in [0, 0.1) is 11.8 Å². The van der Waals surface area contributed by atoms with Crippen LogP contribution in [-0.4, -0.2) is 28.4 Å². The van der Waals surface area contributed by atoms with E-state index in [9.17, 15) is 4.79 Å². The quantitative estimate of drug-likeness (QED) is 0.908. The van der Waals surface area contributed by atoms with Crippen LogP contribution in [0.1, 0.15) is 63.0 Å².